The summed E-state index contributed by atoms with van der Waals surface area (Å²) in [7, 11) is 0. The van der Waals surface area contributed by atoms with Crippen LogP contribution in [0.25, 0.3) is 0 Å². The second kappa shape index (κ2) is 6.64. The van der Waals surface area contributed by atoms with E-state index in [1.54, 1.807) is 0 Å². The molecule has 1 fully saturated rings. The first-order valence-electron chi connectivity index (χ1n) is 7.25. The SMILES string of the molecule is CC1CCCCCN(C(C)(C)C)CCCC1. The van der Waals surface area contributed by atoms with Gasteiger partial charge in [0, 0.05) is 5.54 Å². The van der Waals surface area contributed by atoms with Gasteiger partial charge in [0.1, 0.15) is 0 Å². The Balaban J connectivity index is 2.43. The lowest BCUT2D eigenvalue weighted by molar-refractivity contribution is 0.131. The fourth-order valence-corrected chi connectivity index (χ4v) is 2.69. The van der Waals surface area contributed by atoms with Crippen LogP contribution >= 0.6 is 0 Å². The first kappa shape index (κ1) is 14.0. The van der Waals surface area contributed by atoms with Crippen molar-refractivity contribution in [3.05, 3.63) is 0 Å². The van der Waals surface area contributed by atoms with Crippen molar-refractivity contribution in [2.75, 3.05) is 13.1 Å². The third kappa shape index (κ3) is 5.34. The van der Waals surface area contributed by atoms with E-state index in [0.717, 1.165) is 5.92 Å². The van der Waals surface area contributed by atoms with Gasteiger partial charge in [0.15, 0.2) is 0 Å². The smallest absolute Gasteiger partial charge is 0.0125 e. The van der Waals surface area contributed by atoms with Gasteiger partial charge in [0.05, 0.1) is 0 Å². The Labute approximate surface area is 103 Å². The molecule has 0 aromatic rings. The van der Waals surface area contributed by atoms with E-state index in [-0.39, 0.29) is 0 Å². The second-order valence-corrected chi connectivity index (χ2v) is 6.61. The molecule has 96 valence electrons. The number of hydrogen-bond acceptors (Lipinski definition) is 1. The number of rotatable bonds is 0. The molecule has 1 unspecified atom stereocenters. The lowest BCUT2D eigenvalue weighted by Gasteiger charge is -2.35. The van der Waals surface area contributed by atoms with Gasteiger partial charge in [0.2, 0.25) is 0 Å². The molecule has 0 aromatic carbocycles. The molecule has 1 rings (SSSR count). The van der Waals surface area contributed by atoms with Crippen LogP contribution in [0, 0.1) is 5.92 Å². The summed E-state index contributed by atoms with van der Waals surface area (Å²) in [5.74, 6) is 0.959. The van der Waals surface area contributed by atoms with Crippen molar-refractivity contribution in [1.29, 1.82) is 0 Å². The highest BCUT2D eigenvalue weighted by atomic mass is 15.2. The van der Waals surface area contributed by atoms with Gasteiger partial charge in [-0.2, -0.15) is 0 Å². The molecule has 0 N–H and O–H groups in total. The maximum Gasteiger partial charge on any atom is 0.0125 e. The zero-order chi connectivity index (χ0) is 12.0. The lowest BCUT2D eigenvalue weighted by Crippen LogP contribution is -2.42. The molecule has 0 aliphatic carbocycles. The fraction of sp³-hybridized carbons (Fsp3) is 1.00. The average molecular weight is 225 g/mol. The normalized spacial score (nSPS) is 27.4. The first-order chi connectivity index (χ1) is 7.50. The third-order valence-electron chi connectivity index (χ3n) is 3.95. The Hall–Kier alpha value is -0.0400. The van der Waals surface area contributed by atoms with Crippen LogP contribution in [0.2, 0.25) is 0 Å². The van der Waals surface area contributed by atoms with Gasteiger partial charge in [0.25, 0.3) is 0 Å². The largest absolute Gasteiger partial charge is 0.298 e. The molecular formula is C15H31N. The second-order valence-electron chi connectivity index (χ2n) is 6.61. The minimum absolute atomic E-state index is 0.361. The van der Waals surface area contributed by atoms with Gasteiger partial charge in [-0.25, -0.2) is 0 Å². The maximum absolute atomic E-state index is 2.68. The maximum atomic E-state index is 2.68. The van der Waals surface area contributed by atoms with Crippen molar-refractivity contribution in [3.63, 3.8) is 0 Å². The highest BCUT2D eigenvalue weighted by Crippen LogP contribution is 2.21. The van der Waals surface area contributed by atoms with E-state index in [9.17, 15) is 0 Å². The van der Waals surface area contributed by atoms with Crippen LogP contribution in [-0.2, 0) is 0 Å². The van der Waals surface area contributed by atoms with Gasteiger partial charge in [-0.15, -0.1) is 0 Å². The van der Waals surface area contributed by atoms with E-state index in [0.29, 0.717) is 5.54 Å². The molecule has 1 saturated heterocycles. The topological polar surface area (TPSA) is 3.24 Å². The summed E-state index contributed by atoms with van der Waals surface area (Å²) >= 11 is 0. The Bertz CT molecular complexity index is 180. The minimum Gasteiger partial charge on any atom is -0.298 e. The Morgan fingerprint density at radius 2 is 1.31 bits per heavy atom. The molecule has 0 saturated carbocycles. The molecular weight excluding hydrogens is 194 g/mol. The molecule has 0 spiro atoms. The van der Waals surface area contributed by atoms with Crippen molar-refractivity contribution in [2.24, 2.45) is 5.92 Å². The molecule has 1 heteroatoms. The van der Waals surface area contributed by atoms with Crippen molar-refractivity contribution >= 4 is 0 Å². The molecule has 1 atom stereocenters. The highest BCUT2D eigenvalue weighted by Gasteiger charge is 2.20. The molecule has 0 aromatic heterocycles. The van der Waals surface area contributed by atoms with Crippen LogP contribution in [0.15, 0.2) is 0 Å². The predicted octanol–water partition coefficient (Wildman–Crippen LogP) is 4.47. The monoisotopic (exact) mass is 225 g/mol. The third-order valence-corrected chi connectivity index (χ3v) is 3.95. The van der Waals surface area contributed by atoms with Crippen LogP contribution < -0.4 is 0 Å². The molecule has 1 heterocycles. The summed E-state index contributed by atoms with van der Waals surface area (Å²) in [6, 6.07) is 0. The van der Waals surface area contributed by atoms with Gasteiger partial charge in [-0.3, -0.25) is 4.90 Å². The van der Waals surface area contributed by atoms with Crippen LogP contribution in [-0.4, -0.2) is 23.5 Å². The minimum atomic E-state index is 0.361. The van der Waals surface area contributed by atoms with Gasteiger partial charge in [-0.1, -0.05) is 39.0 Å². The quantitative estimate of drug-likeness (QED) is 0.588. The van der Waals surface area contributed by atoms with Crippen LogP contribution in [0.1, 0.15) is 72.6 Å². The summed E-state index contributed by atoms with van der Waals surface area (Å²) in [5, 5.41) is 0. The van der Waals surface area contributed by atoms with Gasteiger partial charge in [-0.05, 0) is 52.6 Å². The van der Waals surface area contributed by atoms with Gasteiger partial charge < -0.3 is 0 Å². The Morgan fingerprint density at radius 3 is 1.88 bits per heavy atom. The summed E-state index contributed by atoms with van der Waals surface area (Å²) in [4.78, 5) is 2.68. The van der Waals surface area contributed by atoms with E-state index >= 15 is 0 Å². The van der Waals surface area contributed by atoms with Crippen molar-refractivity contribution in [2.45, 2.75) is 78.2 Å². The van der Waals surface area contributed by atoms with Crippen molar-refractivity contribution in [1.82, 2.24) is 4.90 Å². The zero-order valence-electron chi connectivity index (χ0n) is 11.9. The molecule has 0 amide bonds. The van der Waals surface area contributed by atoms with Crippen molar-refractivity contribution < 1.29 is 0 Å². The zero-order valence-corrected chi connectivity index (χ0v) is 11.9. The van der Waals surface area contributed by atoms with E-state index in [1.165, 1.54) is 58.0 Å². The fourth-order valence-electron chi connectivity index (χ4n) is 2.69. The molecule has 0 radical (unpaired) electrons. The van der Waals surface area contributed by atoms with E-state index < -0.39 is 0 Å². The van der Waals surface area contributed by atoms with Crippen molar-refractivity contribution in [3.8, 4) is 0 Å². The average Bonchev–Trinajstić information content (AvgIpc) is 2.22. The van der Waals surface area contributed by atoms with Crippen LogP contribution in [0.3, 0.4) is 0 Å². The van der Waals surface area contributed by atoms with Gasteiger partial charge >= 0.3 is 0 Å². The summed E-state index contributed by atoms with van der Waals surface area (Å²) in [6.45, 7) is 12.1. The molecule has 16 heavy (non-hydrogen) atoms. The highest BCUT2D eigenvalue weighted by molar-refractivity contribution is 4.76. The van der Waals surface area contributed by atoms with E-state index in [4.69, 9.17) is 0 Å². The van der Waals surface area contributed by atoms with Crippen LogP contribution in [0.5, 0.6) is 0 Å². The van der Waals surface area contributed by atoms with Crippen LogP contribution in [0.4, 0.5) is 0 Å². The molecule has 1 aliphatic rings. The summed E-state index contributed by atoms with van der Waals surface area (Å²) in [5.41, 5.74) is 0.361. The van der Waals surface area contributed by atoms with E-state index in [1.807, 2.05) is 0 Å². The van der Waals surface area contributed by atoms with E-state index in [2.05, 4.69) is 32.6 Å². The molecule has 1 nitrogen and oxygen atoms in total. The number of nitrogens with zero attached hydrogens (tertiary/aromatic N) is 1. The molecule has 0 bridgehead atoms. The summed E-state index contributed by atoms with van der Waals surface area (Å²) in [6.07, 6.45) is 9.98. The first-order valence-corrected chi connectivity index (χ1v) is 7.25. The predicted molar refractivity (Wildman–Crippen MR) is 72.8 cm³/mol. The summed E-state index contributed by atoms with van der Waals surface area (Å²) < 4.78 is 0. The standard InChI is InChI=1S/C15H31N/c1-14-10-6-5-8-12-16(15(2,3)4)13-9-7-11-14/h14H,5-13H2,1-4H3. The Kier molecular flexibility index (Phi) is 5.82. The number of hydrogen-bond donors (Lipinski definition) is 0. The Morgan fingerprint density at radius 1 is 0.812 bits per heavy atom. The molecule has 1 aliphatic heterocycles. The lowest BCUT2D eigenvalue weighted by atomic mass is 9.98.